The lowest BCUT2D eigenvalue weighted by atomic mass is 9.97. The van der Waals surface area contributed by atoms with Crippen LogP contribution in [0.25, 0.3) is 0 Å². The molecule has 0 amide bonds. The largest absolute Gasteiger partial charge is 0.377 e. The van der Waals surface area contributed by atoms with Gasteiger partial charge in [0.15, 0.2) is 0 Å². The van der Waals surface area contributed by atoms with Crippen molar-refractivity contribution in [2.75, 3.05) is 19.7 Å². The van der Waals surface area contributed by atoms with E-state index in [1.807, 2.05) is 6.07 Å². The van der Waals surface area contributed by atoms with Crippen molar-refractivity contribution in [2.24, 2.45) is 5.92 Å². The van der Waals surface area contributed by atoms with Crippen molar-refractivity contribution in [3.05, 3.63) is 29.0 Å². The van der Waals surface area contributed by atoms with Gasteiger partial charge in [0.25, 0.3) is 0 Å². The average Bonchev–Trinajstić information content (AvgIpc) is 2.38. The number of nitrogens with zero attached hydrogens (tertiary/aromatic N) is 1. The molecule has 1 aliphatic rings. The minimum Gasteiger partial charge on any atom is -0.377 e. The zero-order valence-electron chi connectivity index (χ0n) is 10.4. The van der Waals surface area contributed by atoms with Gasteiger partial charge in [0.05, 0.1) is 6.61 Å². The molecule has 1 aromatic heterocycles. The SMILES string of the molecule is Cl.Clc1ccc(COCCC2CCCNC2)cn1. The molecule has 1 atom stereocenters. The van der Waals surface area contributed by atoms with Crippen molar-refractivity contribution >= 4 is 24.0 Å². The number of aromatic nitrogens is 1. The number of hydrogen-bond acceptors (Lipinski definition) is 3. The van der Waals surface area contributed by atoms with Crippen LogP contribution in [0.2, 0.25) is 5.15 Å². The minimum absolute atomic E-state index is 0. The maximum Gasteiger partial charge on any atom is 0.129 e. The summed E-state index contributed by atoms with van der Waals surface area (Å²) < 4.78 is 5.65. The van der Waals surface area contributed by atoms with Gasteiger partial charge in [-0.05, 0) is 49.9 Å². The molecule has 2 rings (SSSR count). The summed E-state index contributed by atoms with van der Waals surface area (Å²) in [6.07, 6.45) is 5.54. The van der Waals surface area contributed by atoms with E-state index in [9.17, 15) is 0 Å². The van der Waals surface area contributed by atoms with Gasteiger partial charge in [-0.1, -0.05) is 17.7 Å². The zero-order chi connectivity index (χ0) is 11.9. The van der Waals surface area contributed by atoms with E-state index in [1.54, 1.807) is 12.3 Å². The van der Waals surface area contributed by atoms with Crippen molar-refractivity contribution in [3.63, 3.8) is 0 Å². The minimum atomic E-state index is 0. The average molecular weight is 291 g/mol. The molecule has 1 N–H and O–H groups in total. The van der Waals surface area contributed by atoms with E-state index in [4.69, 9.17) is 16.3 Å². The third-order valence-corrected chi connectivity index (χ3v) is 3.35. The zero-order valence-corrected chi connectivity index (χ0v) is 12.0. The molecule has 0 bridgehead atoms. The van der Waals surface area contributed by atoms with Crippen LogP contribution in [0.15, 0.2) is 18.3 Å². The number of nitrogens with one attached hydrogen (secondary N) is 1. The Kier molecular flexibility index (Phi) is 7.59. The lowest BCUT2D eigenvalue weighted by Crippen LogP contribution is -2.30. The molecular formula is C13H20Cl2N2O. The van der Waals surface area contributed by atoms with Gasteiger partial charge >= 0.3 is 0 Å². The fraction of sp³-hybridized carbons (Fsp3) is 0.615. The predicted octanol–water partition coefficient (Wildman–Crippen LogP) is 3.06. The van der Waals surface area contributed by atoms with Crippen molar-refractivity contribution in [2.45, 2.75) is 25.9 Å². The van der Waals surface area contributed by atoms with Crippen LogP contribution in [0.3, 0.4) is 0 Å². The molecule has 18 heavy (non-hydrogen) atoms. The fourth-order valence-electron chi connectivity index (χ4n) is 2.10. The van der Waals surface area contributed by atoms with E-state index in [0.29, 0.717) is 11.8 Å². The first-order valence-corrected chi connectivity index (χ1v) is 6.61. The van der Waals surface area contributed by atoms with Crippen molar-refractivity contribution in [1.82, 2.24) is 10.3 Å². The molecule has 102 valence electrons. The van der Waals surface area contributed by atoms with Crippen molar-refractivity contribution in [3.8, 4) is 0 Å². The highest BCUT2D eigenvalue weighted by molar-refractivity contribution is 6.29. The second kappa shape index (κ2) is 8.70. The van der Waals surface area contributed by atoms with Crippen LogP contribution in [-0.4, -0.2) is 24.7 Å². The third kappa shape index (κ3) is 5.53. The third-order valence-electron chi connectivity index (χ3n) is 3.13. The molecule has 1 fully saturated rings. The molecular weight excluding hydrogens is 271 g/mol. The molecule has 0 aromatic carbocycles. The maximum atomic E-state index is 5.72. The number of pyridine rings is 1. The van der Waals surface area contributed by atoms with E-state index in [-0.39, 0.29) is 12.4 Å². The van der Waals surface area contributed by atoms with Gasteiger partial charge < -0.3 is 10.1 Å². The Bertz CT molecular complexity index is 326. The normalized spacial score (nSPS) is 19.3. The van der Waals surface area contributed by atoms with Gasteiger partial charge in [-0.3, -0.25) is 0 Å². The molecule has 1 unspecified atom stereocenters. The van der Waals surface area contributed by atoms with Gasteiger partial charge in [-0.25, -0.2) is 4.98 Å². The Labute approximate surface area is 120 Å². The molecule has 5 heteroatoms. The summed E-state index contributed by atoms with van der Waals surface area (Å²) in [6, 6.07) is 3.75. The smallest absolute Gasteiger partial charge is 0.129 e. The molecule has 0 spiro atoms. The van der Waals surface area contributed by atoms with Crippen LogP contribution >= 0.6 is 24.0 Å². The lowest BCUT2D eigenvalue weighted by Gasteiger charge is -2.22. The van der Waals surface area contributed by atoms with Crippen LogP contribution < -0.4 is 5.32 Å². The summed E-state index contributed by atoms with van der Waals surface area (Å²) in [4.78, 5) is 4.02. The predicted molar refractivity (Wildman–Crippen MR) is 76.4 cm³/mol. The van der Waals surface area contributed by atoms with Crippen molar-refractivity contribution < 1.29 is 4.74 Å². The Balaban J connectivity index is 0.00000162. The van der Waals surface area contributed by atoms with Gasteiger partial charge in [-0.2, -0.15) is 0 Å². The summed E-state index contributed by atoms with van der Waals surface area (Å²) in [5.41, 5.74) is 1.08. The first kappa shape index (κ1) is 15.7. The Morgan fingerprint density at radius 2 is 2.33 bits per heavy atom. The number of rotatable bonds is 5. The highest BCUT2D eigenvalue weighted by Crippen LogP contribution is 2.14. The summed E-state index contributed by atoms with van der Waals surface area (Å²) in [6.45, 7) is 3.78. The quantitative estimate of drug-likeness (QED) is 0.669. The molecule has 0 aliphatic carbocycles. The first-order valence-electron chi connectivity index (χ1n) is 6.23. The Morgan fingerprint density at radius 3 is 3.00 bits per heavy atom. The van der Waals surface area contributed by atoms with Crippen LogP contribution in [-0.2, 0) is 11.3 Å². The van der Waals surface area contributed by atoms with Crippen LogP contribution in [0.5, 0.6) is 0 Å². The van der Waals surface area contributed by atoms with Gasteiger partial charge in [0, 0.05) is 12.8 Å². The van der Waals surface area contributed by atoms with Gasteiger partial charge in [0.1, 0.15) is 5.15 Å². The molecule has 1 aromatic rings. The number of hydrogen-bond donors (Lipinski definition) is 1. The molecule has 0 saturated carbocycles. The summed E-state index contributed by atoms with van der Waals surface area (Å²) in [5, 5.41) is 3.95. The topological polar surface area (TPSA) is 34.1 Å². The van der Waals surface area contributed by atoms with E-state index < -0.39 is 0 Å². The fourth-order valence-corrected chi connectivity index (χ4v) is 2.21. The number of piperidine rings is 1. The lowest BCUT2D eigenvalue weighted by molar-refractivity contribution is 0.103. The maximum absolute atomic E-state index is 5.72. The van der Waals surface area contributed by atoms with Crippen molar-refractivity contribution in [1.29, 1.82) is 0 Å². The van der Waals surface area contributed by atoms with Crippen LogP contribution in [0.4, 0.5) is 0 Å². The Morgan fingerprint density at radius 1 is 1.44 bits per heavy atom. The molecule has 1 aliphatic heterocycles. The summed E-state index contributed by atoms with van der Waals surface area (Å²) >= 11 is 5.72. The first-order chi connectivity index (χ1) is 8.34. The second-order valence-corrected chi connectivity index (χ2v) is 4.93. The van der Waals surface area contributed by atoms with Gasteiger partial charge in [-0.15, -0.1) is 12.4 Å². The monoisotopic (exact) mass is 290 g/mol. The highest BCUT2D eigenvalue weighted by Gasteiger charge is 2.12. The summed E-state index contributed by atoms with van der Waals surface area (Å²) in [7, 11) is 0. The summed E-state index contributed by atoms with van der Waals surface area (Å²) in [5.74, 6) is 0.784. The van der Waals surface area contributed by atoms with E-state index in [0.717, 1.165) is 31.1 Å². The number of halogens is 2. The molecule has 1 saturated heterocycles. The molecule has 0 radical (unpaired) electrons. The van der Waals surface area contributed by atoms with Crippen LogP contribution in [0, 0.1) is 5.92 Å². The van der Waals surface area contributed by atoms with E-state index in [2.05, 4.69) is 10.3 Å². The second-order valence-electron chi connectivity index (χ2n) is 4.54. The van der Waals surface area contributed by atoms with Gasteiger partial charge in [0.2, 0.25) is 0 Å². The highest BCUT2D eigenvalue weighted by atomic mass is 35.5. The van der Waals surface area contributed by atoms with Crippen LogP contribution in [0.1, 0.15) is 24.8 Å². The van der Waals surface area contributed by atoms with E-state index >= 15 is 0 Å². The molecule has 3 nitrogen and oxygen atoms in total. The van der Waals surface area contributed by atoms with E-state index in [1.165, 1.54) is 19.4 Å². The molecule has 2 heterocycles. The Hall–Kier alpha value is -0.350. The number of ether oxygens (including phenoxy) is 1. The standard InChI is InChI=1S/C13H19ClN2O.ClH/c14-13-4-3-12(9-16-13)10-17-7-5-11-2-1-6-15-8-11;/h3-4,9,11,15H,1-2,5-8,10H2;1H.